The van der Waals surface area contributed by atoms with E-state index in [1.54, 1.807) is 0 Å². The maximum Gasteiger partial charge on any atom is 0.0716 e. The summed E-state index contributed by atoms with van der Waals surface area (Å²) in [6.45, 7) is 4.92. The van der Waals surface area contributed by atoms with E-state index in [2.05, 4.69) is 25.1 Å². The van der Waals surface area contributed by atoms with Gasteiger partial charge in [-0.15, -0.1) is 0 Å². The van der Waals surface area contributed by atoms with Gasteiger partial charge in [0.1, 0.15) is 0 Å². The maximum absolute atomic E-state index is 5.30. The summed E-state index contributed by atoms with van der Waals surface area (Å²) in [6, 6.07) is 6.74. The summed E-state index contributed by atoms with van der Waals surface area (Å²) in [5.41, 5.74) is 4.35. The van der Waals surface area contributed by atoms with Crippen LogP contribution in [0, 0.1) is 6.92 Å². The first-order valence-corrected chi connectivity index (χ1v) is 5.38. The third-order valence-electron chi connectivity index (χ3n) is 2.83. The predicted molar refractivity (Wildman–Crippen MR) is 58.1 cm³/mol. The molecule has 0 saturated heterocycles. The minimum absolute atomic E-state index is 0.553. The molecule has 0 heterocycles. The highest BCUT2D eigenvalue weighted by Crippen LogP contribution is 2.22. The second-order valence-corrected chi connectivity index (χ2v) is 3.86. The van der Waals surface area contributed by atoms with E-state index in [0.717, 1.165) is 0 Å². The van der Waals surface area contributed by atoms with Gasteiger partial charge in [0.25, 0.3) is 0 Å². The molecule has 1 heteroatoms. The number of hydrogen-bond acceptors (Lipinski definition) is 1. The fourth-order valence-corrected chi connectivity index (χ4v) is 2.07. The Morgan fingerprint density at radius 2 is 1.93 bits per heavy atom. The average molecular weight is 189 g/mol. The maximum atomic E-state index is 5.30. The molecule has 14 heavy (non-hydrogen) atoms. The van der Waals surface area contributed by atoms with Crippen LogP contribution in [-0.4, -0.2) is 6.61 Å². The van der Waals surface area contributed by atoms with Gasteiger partial charge in [-0.3, -0.25) is 0 Å². The monoisotopic (exact) mass is 189 g/mol. The van der Waals surface area contributed by atoms with E-state index in [1.165, 1.54) is 42.4 Å². The minimum atomic E-state index is 0.553. The van der Waals surface area contributed by atoms with Gasteiger partial charge in [0.2, 0.25) is 0 Å². The highest BCUT2D eigenvalue weighted by Gasteiger charge is 2.08. The molecule has 0 atom stereocenters. The van der Waals surface area contributed by atoms with E-state index in [4.69, 9.17) is 4.74 Å². The quantitative estimate of drug-likeness (QED) is 0.710. The zero-order valence-electron chi connectivity index (χ0n) is 8.59. The molecular formula is C13H17O. The lowest BCUT2D eigenvalue weighted by Crippen LogP contribution is -2.03. The van der Waals surface area contributed by atoms with Crippen molar-refractivity contribution in [3.63, 3.8) is 0 Å². The number of ether oxygens (including phenoxy) is 1. The van der Waals surface area contributed by atoms with E-state index < -0.39 is 0 Å². The summed E-state index contributed by atoms with van der Waals surface area (Å²) in [5, 5.41) is 0. The number of benzene rings is 1. The molecule has 2 rings (SSSR count). The number of aryl methyl sites for hydroxylation is 2. The lowest BCUT2D eigenvalue weighted by atomic mass is 9.90. The van der Waals surface area contributed by atoms with Crippen LogP contribution in [0.15, 0.2) is 18.2 Å². The van der Waals surface area contributed by atoms with Crippen LogP contribution in [-0.2, 0) is 24.2 Å². The van der Waals surface area contributed by atoms with Gasteiger partial charge >= 0.3 is 0 Å². The van der Waals surface area contributed by atoms with Gasteiger partial charge in [-0.2, -0.15) is 0 Å². The fraction of sp³-hybridized carbons (Fsp3) is 0.462. The lowest BCUT2D eigenvalue weighted by molar-refractivity contribution is 0.147. The smallest absolute Gasteiger partial charge is 0.0716 e. The Kier molecular flexibility index (Phi) is 3.20. The van der Waals surface area contributed by atoms with Crippen LogP contribution >= 0.6 is 0 Å². The van der Waals surface area contributed by atoms with E-state index >= 15 is 0 Å². The van der Waals surface area contributed by atoms with Crippen molar-refractivity contribution in [2.45, 2.75) is 32.3 Å². The first-order chi connectivity index (χ1) is 6.90. The van der Waals surface area contributed by atoms with E-state index in [0.29, 0.717) is 13.2 Å². The molecule has 1 radical (unpaired) electrons. The largest absolute Gasteiger partial charge is 0.377 e. The zero-order valence-corrected chi connectivity index (χ0v) is 8.59. The van der Waals surface area contributed by atoms with Crippen molar-refractivity contribution in [3.05, 3.63) is 41.8 Å². The van der Waals surface area contributed by atoms with Crippen molar-refractivity contribution in [1.82, 2.24) is 0 Å². The van der Waals surface area contributed by atoms with Gasteiger partial charge in [0, 0.05) is 6.61 Å². The normalized spacial score (nSPS) is 15.2. The Balaban J connectivity index is 2.12. The second kappa shape index (κ2) is 4.61. The molecule has 0 fully saturated rings. The lowest BCUT2D eigenvalue weighted by Gasteiger charge is -2.16. The predicted octanol–water partition coefficient (Wildman–Crippen LogP) is 2.92. The van der Waals surface area contributed by atoms with Gasteiger partial charge in [0.05, 0.1) is 6.61 Å². The first kappa shape index (κ1) is 9.72. The Morgan fingerprint density at radius 1 is 1.14 bits per heavy atom. The molecule has 0 aliphatic heterocycles. The van der Waals surface area contributed by atoms with Gasteiger partial charge in [0.15, 0.2) is 0 Å². The van der Waals surface area contributed by atoms with Crippen molar-refractivity contribution in [1.29, 1.82) is 0 Å². The molecule has 0 N–H and O–H groups in total. The van der Waals surface area contributed by atoms with Crippen LogP contribution < -0.4 is 0 Å². The highest BCUT2D eigenvalue weighted by molar-refractivity contribution is 5.33. The van der Waals surface area contributed by atoms with Crippen LogP contribution in [0.25, 0.3) is 0 Å². The highest BCUT2D eigenvalue weighted by atomic mass is 16.5. The summed E-state index contributed by atoms with van der Waals surface area (Å²) in [7, 11) is 0. The van der Waals surface area contributed by atoms with Crippen molar-refractivity contribution in [2.75, 3.05) is 6.61 Å². The summed E-state index contributed by atoms with van der Waals surface area (Å²) in [4.78, 5) is 0. The molecule has 0 aromatic heterocycles. The molecule has 1 aromatic rings. The molecular weight excluding hydrogens is 172 g/mol. The molecule has 1 aliphatic carbocycles. The Bertz CT molecular complexity index is 304. The summed E-state index contributed by atoms with van der Waals surface area (Å²) in [5.74, 6) is 0. The Morgan fingerprint density at radius 3 is 2.71 bits per heavy atom. The summed E-state index contributed by atoms with van der Waals surface area (Å²) < 4.78 is 5.30. The topological polar surface area (TPSA) is 9.23 Å². The number of rotatable bonds is 3. The molecule has 0 saturated carbocycles. The third-order valence-corrected chi connectivity index (χ3v) is 2.83. The van der Waals surface area contributed by atoms with Crippen LogP contribution in [0.2, 0.25) is 0 Å². The number of fused-ring (bicyclic) bond motifs is 1. The van der Waals surface area contributed by atoms with Crippen LogP contribution in [0.5, 0.6) is 0 Å². The van der Waals surface area contributed by atoms with Crippen molar-refractivity contribution < 1.29 is 4.74 Å². The van der Waals surface area contributed by atoms with Crippen molar-refractivity contribution in [2.24, 2.45) is 0 Å². The first-order valence-electron chi connectivity index (χ1n) is 5.38. The zero-order chi connectivity index (χ0) is 9.80. The van der Waals surface area contributed by atoms with Crippen molar-refractivity contribution >= 4 is 0 Å². The van der Waals surface area contributed by atoms with Gasteiger partial charge < -0.3 is 4.74 Å². The molecule has 1 aliphatic rings. The molecule has 0 bridgehead atoms. The Hall–Kier alpha value is -0.820. The molecule has 0 unspecified atom stereocenters. The van der Waals surface area contributed by atoms with Crippen LogP contribution in [0.1, 0.15) is 29.5 Å². The van der Waals surface area contributed by atoms with Crippen molar-refractivity contribution in [3.8, 4) is 0 Å². The number of hydrogen-bond donors (Lipinski definition) is 0. The second-order valence-electron chi connectivity index (χ2n) is 3.86. The third kappa shape index (κ3) is 2.16. The van der Waals surface area contributed by atoms with Crippen LogP contribution in [0.3, 0.4) is 0 Å². The fourth-order valence-electron chi connectivity index (χ4n) is 2.07. The van der Waals surface area contributed by atoms with Crippen LogP contribution in [0.4, 0.5) is 0 Å². The van der Waals surface area contributed by atoms with Gasteiger partial charge in [-0.1, -0.05) is 18.2 Å². The summed E-state index contributed by atoms with van der Waals surface area (Å²) in [6.07, 6.45) is 5.19. The SMILES string of the molecule is [CH2]COCc1ccc2c(c1)CCCC2. The molecule has 1 nitrogen and oxygen atoms in total. The molecule has 1 aromatic carbocycles. The standard InChI is InChI=1S/C13H17O/c1-2-14-10-11-7-8-12-5-3-4-6-13(12)9-11/h7-9H,1-6,10H2. The molecule has 75 valence electrons. The Labute approximate surface area is 86.1 Å². The minimum Gasteiger partial charge on any atom is -0.377 e. The van der Waals surface area contributed by atoms with E-state index in [-0.39, 0.29) is 0 Å². The van der Waals surface area contributed by atoms with E-state index in [1.807, 2.05) is 0 Å². The van der Waals surface area contributed by atoms with Gasteiger partial charge in [-0.25, -0.2) is 0 Å². The summed E-state index contributed by atoms with van der Waals surface area (Å²) >= 11 is 0. The van der Waals surface area contributed by atoms with E-state index in [9.17, 15) is 0 Å². The van der Waals surface area contributed by atoms with Gasteiger partial charge in [-0.05, 0) is 49.3 Å². The average Bonchev–Trinajstić information content (AvgIpc) is 2.26. The molecule has 0 spiro atoms. The molecule has 0 amide bonds.